The normalized spacial score (nSPS) is 18.6. The molecule has 1 aliphatic rings. The van der Waals surface area contributed by atoms with Gasteiger partial charge in [0.1, 0.15) is 0 Å². The van der Waals surface area contributed by atoms with E-state index in [0.717, 1.165) is 38.1 Å². The van der Waals surface area contributed by atoms with Crippen molar-refractivity contribution in [1.29, 1.82) is 0 Å². The van der Waals surface area contributed by atoms with Crippen molar-refractivity contribution in [2.45, 2.75) is 0 Å². The number of hydrogen-bond donors (Lipinski definition) is 0. The fourth-order valence-electron chi connectivity index (χ4n) is 1.56. The first-order valence-electron chi connectivity index (χ1n) is 4.83. The van der Waals surface area contributed by atoms with Gasteiger partial charge in [0.25, 0.3) is 0 Å². The third-order valence-corrected chi connectivity index (χ3v) is 3.28. The van der Waals surface area contributed by atoms with E-state index in [1.165, 1.54) is 0 Å². The van der Waals surface area contributed by atoms with Crippen LogP contribution in [0.25, 0.3) is 0 Å². The van der Waals surface area contributed by atoms with Crippen LogP contribution in [0.4, 0.5) is 0 Å². The van der Waals surface area contributed by atoms with E-state index < -0.39 is 0 Å². The van der Waals surface area contributed by atoms with Crippen molar-refractivity contribution in [1.82, 2.24) is 9.80 Å². The molecule has 0 bridgehead atoms. The smallest absolute Gasteiger partial charge is 0.232 e. The summed E-state index contributed by atoms with van der Waals surface area (Å²) in [6, 6.07) is 0. The van der Waals surface area contributed by atoms with Crippen molar-refractivity contribution in [2.75, 3.05) is 50.1 Å². The number of amides is 1. The van der Waals surface area contributed by atoms with Crippen LogP contribution in [0.15, 0.2) is 0 Å². The molecular weight excluding hydrogens is 264 g/mol. The molecule has 14 heavy (non-hydrogen) atoms. The Balaban J connectivity index is 2.24. The van der Waals surface area contributed by atoms with Crippen LogP contribution < -0.4 is 0 Å². The van der Waals surface area contributed by atoms with Crippen molar-refractivity contribution in [3.8, 4) is 0 Å². The van der Waals surface area contributed by atoms with Crippen molar-refractivity contribution in [3.05, 3.63) is 0 Å². The highest BCUT2D eigenvalue weighted by atomic mass is 79.9. The van der Waals surface area contributed by atoms with E-state index in [0.29, 0.717) is 5.75 Å². The zero-order chi connectivity index (χ0) is 10.4. The minimum atomic E-state index is 0.288. The summed E-state index contributed by atoms with van der Waals surface area (Å²) in [5.74, 6) is 0.911. The van der Waals surface area contributed by atoms with Gasteiger partial charge in [-0.2, -0.15) is 11.8 Å². The van der Waals surface area contributed by atoms with E-state index in [1.807, 2.05) is 11.2 Å². The minimum Gasteiger partial charge on any atom is -0.339 e. The monoisotopic (exact) mass is 280 g/mol. The van der Waals surface area contributed by atoms with E-state index in [9.17, 15) is 4.79 Å². The standard InChI is InChI=1S/C9H17BrN2OS/c1-14-8-9(13)12-6-4-11(3-2-10)5-7-12/h2-8H2,1H3. The van der Waals surface area contributed by atoms with E-state index >= 15 is 0 Å². The molecular formula is C9H17BrN2OS. The van der Waals surface area contributed by atoms with Crippen LogP contribution in [0.5, 0.6) is 0 Å². The second-order valence-corrected chi connectivity index (χ2v) is 5.00. The summed E-state index contributed by atoms with van der Waals surface area (Å²) in [5.41, 5.74) is 0. The Labute approximate surface area is 98.3 Å². The van der Waals surface area contributed by atoms with Crippen molar-refractivity contribution < 1.29 is 4.79 Å². The van der Waals surface area contributed by atoms with Gasteiger partial charge in [0.15, 0.2) is 0 Å². The van der Waals surface area contributed by atoms with E-state index in [2.05, 4.69) is 20.8 Å². The summed E-state index contributed by atoms with van der Waals surface area (Å²) >= 11 is 5.03. The summed E-state index contributed by atoms with van der Waals surface area (Å²) < 4.78 is 0. The molecule has 0 aromatic rings. The van der Waals surface area contributed by atoms with Gasteiger partial charge in [-0.1, -0.05) is 15.9 Å². The summed E-state index contributed by atoms with van der Waals surface area (Å²) in [7, 11) is 0. The number of alkyl halides is 1. The summed E-state index contributed by atoms with van der Waals surface area (Å²) in [6.45, 7) is 4.92. The molecule has 0 aliphatic carbocycles. The fraction of sp³-hybridized carbons (Fsp3) is 0.889. The molecule has 1 fully saturated rings. The van der Waals surface area contributed by atoms with Crippen LogP contribution in [0, 0.1) is 0 Å². The van der Waals surface area contributed by atoms with Gasteiger partial charge < -0.3 is 4.90 Å². The molecule has 1 heterocycles. The predicted octanol–water partition coefficient (Wildman–Crippen LogP) is 0.889. The molecule has 1 saturated heterocycles. The highest BCUT2D eigenvalue weighted by Gasteiger charge is 2.19. The van der Waals surface area contributed by atoms with E-state index in [1.54, 1.807) is 11.8 Å². The highest BCUT2D eigenvalue weighted by molar-refractivity contribution is 9.09. The first kappa shape index (κ1) is 12.3. The van der Waals surface area contributed by atoms with Crippen LogP contribution in [0.2, 0.25) is 0 Å². The zero-order valence-electron chi connectivity index (χ0n) is 8.54. The fourth-order valence-corrected chi connectivity index (χ4v) is 2.49. The lowest BCUT2D eigenvalue weighted by atomic mass is 10.3. The molecule has 1 aliphatic heterocycles. The highest BCUT2D eigenvalue weighted by Crippen LogP contribution is 2.04. The van der Waals surface area contributed by atoms with Crippen LogP contribution >= 0.6 is 27.7 Å². The van der Waals surface area contributed by atoms with Crippen molar-refractivity contribution in [3.63, 3.8) is 0 Å². The SMILES string of the molecule is CSCC(=O)N1CCN(CCBr)CC1. The molecule has 1 amide bonds. The molecule has 0 spiro atoms. The second-order valence-electron chi connectivity index (χ2n) is 3.34. The maximum Gasteiger partial charge on any atom is 0.232 e. The average Bonchev–Trinajstić information content (AvgIpc) is 2.20. The molecule has 3 nitrogen and oxygen atoms in total. The molecule has 0 aromatic heterocycles. The molecule has 0 aromatic carbocycles. The van der Waals surface area contributed by atoms with Crippen molar-refractivity contribution in [2.24, 2.45) is 0 Å². The Morgan fingerprint density at radius 2 is 2.00 bits per heavy atom. The number of thioether (sulfide) groups is 1. The Morgan fingerprint density at radius 1 is 1.36 bits per heavy atom. The van der Waals surface area contributed by atoms with Gasteiger partial charge >= 0.3 is 0 Å². The van der Waals surface area contributed by atoms with Gasteiger partial charge in [-0.15, -0.1) is 0 Å². The van der Waals surface area contributed by atoms with Gasteiger partial charge in [0, 0.05) is 38.1 Å². The molecule has 0 atom stereocenters. The molecule has 1 rings (SSSR count). The lowest BCUT2D eigenvalue weighted by Gasteiger charge is -2.34. The van der Waals surface area contributed by atoms with Crippen LogP contribution in [0.1, 0.15) is 0 Å². The van der Waals surface area contributed by atoms with Gasteiger partial charge in [-0.25, -0.2) is 0 Å². The summed E-state index contributed by atoms with van der Waals surface area (Å²) in [5, 5.41) is 1.02. The molecule has 0 saturated carbocycles. The largest absolute Gasteiger partial charge is 0.339 e. The first-order chi connectivity index (χ1) is 6.77. The molecule has 5 heteroatoms. The van der Waals surface area contributed by atoms with Gasteiger partial charge in [0.05, 0.1) is 5.75 Å². The third-order valence-electron chi connectivity index (χ3n) is 2.39. The van der Waals surface area contributed by atoms with E-state index in [-0.39, 0.29) is 5.91 Å². The molecule has 0 radical (unpaired) electrons. The number of rotatable bonds is 4. The number of halogens is 1. The van der Waals surface area contributed by atoms with Gasteiger partial charge in [-0.05, 0) is 6.26 Å². The lowest BCUT2D eigenvalue weighted by molar-refractivity contribution is -0.130. The molecule has 82 valence electrons. The van der Waals surface area contributed by atoms with Crippen LogP contribution in [0.3, 0.4) is 0 Å². The Hall–Kier alpha value is 0.260. The lowest BCUT2D eigenvalue weighted by Crippen LogP contribution is -2.49. The number of nitrogens with zero attached hydrogens (tertiary/aromatic N) is 2. The van der Waals surface area contributed by atoms with Gasteiger partial charge in [-0.3, -0.25) is 9.69 Å². The zero-order valence-corrected chi connectivity index (χ0v) is 10.9. The average molecular weight is 281 g/mol. The van der Waals surface area contributed by atoms with Gasteiger partial charge in [0.2, 0.25) is 5.91 Å². The topological polar surface area (TPSA) is 23.6 Å². The summed E-state index contributed by atoms with van der Waals surface area (Å²) in [4.78, 5) is 15.9. The quantitative estimate of drug-likeness (QED) is 0.715. The third kappa shape index (κ3) is 3.79. The first-order valence-corrected chi connectivity index (χ1v) is 7.34. The van der Waals surface area contributed by atoms with Crippen LogP contribution in [-0.4, -0.2) is 65.8 Å². The van der Waals surface area contributed by atoms with E-state index in [4.69, 9.17) is 0 Å². The summed E-state index contributed by atoms with van der Waals surface area (Å²) in [6.07, 6.45) is 1.97. The predicted molar refractivity (Wildman–Crippen MR) is 65.2 cm³/mol. The maximum atomic E-state index is 11.5. The Bertz CT molecular complexity index is 184. The number of piperazine rings is 1. The number of carbonyl (C=O) groups excluding carboxylic acids is 1. The Morgan fingerprint density at radius 3 is 2.50 bits per heavy atom. The van der Waals surface area contributed by atoms with Crippen LogP contribution in [-0.2, 0) is 4.79 Å². The maximum absolute atomic E-state index is 11.5. The Kier molecular flexibility index (Phi) is 5.89. The molecule has 0 unspecified atom stereocenters. The van der Waals surface area contributed by atoms with Crippen molar-refractivity contribution >= 4 is 33.6 Å². The second kappa shape index (κ2) is 6.69. The molecule has 0 N–H and O–H groups in total. The number of hydrogen-bond acceptors (Lipinski definition) is 3. The minimum absolute atomic E-state index is 0.288. The number of carbonyl (C=O) groups is 1.